The molecule has 1 heterocycles. The highest BCUT2D eigenvalue weighted by atomic mass is 32.2. The van der Waals surface area contributed by atoms with Crippen molar-refractivity contribution < 1.29 is 9.59 Å². The largest absolute Gasteiger partial charge is 0.322 e. The van der Waals surface area contributed by atoms with Gasteiger partial charge < -0.3 is 5.32 Å². The van der Waals surface area contributed by atoms with Gasteiger partial charge in [0.2, 0.25) is 0 Å². The van der Waals surface area contributed by atoms with Crippen LogP contribution in [-0.4, -0.2) is 23.4 Å². The number of benzene rings is 1. The van der Waals surface area contributed by atoms with Gasteiger partial charge in [-0.25, -0.2) is 4.79 Å². The number of carbonyl (C=O) groups is 2. The van der Waals surface area contributed by atoms with Crippen LogP contribution in [0.25, 0.3) is 0 Å². The Morgan fingerprint density at radius 3 is 2.48 bits per heavy atom. The molecule has 21 heavy (non-hydrogen) atoms. The summed E-state index contributed by atoms with van der Waals surface area (Å²) in [6, 6.07) is 9.06. The summed E-state index contributed by atoms with van der Waals surface area (Å²) in [6.07, 6.45) is 4.85. The summed E-state index contributed by atoms with van der Waals surface area (Å²) in [5.41, 5.74) is -0.0808. The Bertz CT molecular complexity index is 492. The molecule has 1 aromatic carbocycles. The van der Waals surface area contributed by atoms with Crippen molar-refractivity contribution in [1.29, 1.82) is 0 Å². The number of amides is 3. The second kappa shape index (κ2) is 7.50. The van der Waals surface area contributed by atoms with Crippen molar-refractivity contribution in [3.8, 4) is 0 Å². The highest BCUT2D eigenvalue weighted by Gasteiger charge is 2.47. The zero-order chi connectivity index (χ0) is 15.1. The van der Waals surface area contributed by atoms with E-state index in [4.69, 9.17) is 0 Å². The fourth-order valence-electron chi connectivity index (χ4n) is 2.46. The Labute approximate surface area is 130 Å². The van der Waals surface area contributed by atoms with Gasteiger partial charge in [0, 0.05) is 5.75 Å². The van der Waals surface area contributed by atoms with Crippen molar-refractivity contribution in [3.05, 3.63) is 35.9 Å². The number of imide groups is 1. The third kappa shape index (κ3) is 3.79. The lowest BCUT2D eigenvalue weighted by Gasteiger charge is -2.26. The molecule has 3 amide bonds. The lowest BCUT2D eigenvalue weighted by molar-refractivity contribution is -0.123. The predicted molar refractivity (Wildman–Crippen MR) is 86.3 cm³/mol. The van der Waals surface area contributed by atoms with E-state index < -0.39 is 11.6 Å². The smallest absolute Gasteiger partial charge is 0.319 e. The maximum Gasteiger partial charge on any atom is 0.322 e. The molecule has 0 aliphatic carbocycles. The normalized spacial score (nSPS) is 21.2. The van der Waals surface area contributed by atoms with Gasteiger partial charge in [-0.1, -0.05) is 56.5 Å². The monoisotopic (exact) mass is 306 g/mol. The van der Waals surface area contributed by atoms with Crippen LogP contribution in [0.1, 0.15) is 38.2 Å². The van der Waals surface area contributed by atoms with E-state index in [1.165, 1.54) is 19.3 Å². The zero-order valence-corrected chi connectivity index (χ0v) is 13.2. The predicted octanol–water partition coefficient (Wildman–Crippen LogP) is 3.03. The number of rotatable bonds is 8. The van der Waals surface area contributed by atoms with E-state index in [0.717, 1.165) is 17.7 Å². The standard InChI is InChI=1S/C16H22N2O2S/c1-2-3-4-8-11-21-12-16(13-9-6-5-7-10-13)14(19)17-15(20)18-16/h5-7,9-10H,2-4,8,11-12H2,1H3,(H2,17,18,19,20). The van der Waals surface area contributed by atoms with Crippen LogP contribution in [0, 0.1) is 0 Å². The molecule has 1 aliphatic heterocycles. The van der Waals surface area contributed by atoms with Crippen LogP contribution >= 0.6 is 11.8 Å². The first-order valence-electron chi connectivity index (χ1n) is 7.46. The molecule has 0 saturated carbocycles. The summed E-state index contributed by atoms with van der Waals surface area (Å²) in [7, 11) is 0. The lowest BCUT2D eigenvalue weighted by Crippen LogP contribution is -2.46. The van der Waals surface area contributed by atoms with Crippen LogP contribution in [0.3, 0.4) is 0 Å². The van der Waals surface area contributed by atoms with E-state index in [0.29, 0.717) is 5.75 Å². The maximum atomic E-state index is 12.3. The van der Waals surface area contributed by atoms with E-state index in [1.54, 1.807) is 11.8 Å². The molecular formula is C16H22N2O2S. The number of thioether (sulfide) groups is 1. The van der Waals surface area contributed by atoms with Crippen molar-refractivity contribution in [1.82, 2.24) is 10.6 Å². The summed E-state index contributed by atoms with van der Waals surface area (Å²) in [6.45, 7) is 2.19. The second-order valence-electron chi connectivity index (χ2n) is 5.29. The SMILES string of the molecule is CCCCCCSCC1(c2ccccc2)NC(=O)NC1=O. The van der Waals surface area contributed by atoms with Crippen molar-refractivity contribution in [3.63, 3.8) is 0 Å². The van der Waals surface area contributed by atoms with E-state index >= 15 is 0 Å². The van der Waals surface area contributed by atoms with Crippen molar-refractivity contribution in [2.75, 3.05) is 11.5 Å². The topological polar surface area (TPSA) is 58.2 Å². The number of unbranched alkanes of at least 4 members (excludes halogenated alkanes) is 3. The Morgan fingerprint density at radius 1 is 1.10 bits per heavy atom. The molecule has 1 aliphatic rings. The highest BCUT2D eigenvalue weighted by Crippen LogP contribution is 2.29. The summed E-state index contributed by atoms with van der Waals surface area (Å²) in [4.78, 5) is 23.8. The molecule has 2 N–H and O–H groups in total. The van der Waals surface area contributed by atoms with Crippen LogP contribution in [-0.2, 0) is 10.3 Å². The van der Waals surface area contributed by atoms with Gasteiger partial charge in [-0.3, -0.25) is 10.1 Å². The molecule has 1 fully saturated rings. The third-order valence-electron chi connectivity index (χ3n) is 3.67. The first kappa shape index (κ1) is 15.9. The second-order valence-corrected chi connectivity index (χ2v) is 6.40. The van der Waals surface area contributed by atoms with Crippen LogP contribution in [0.15, 0.2) is 30.3 Å². The van der Waals surface area contributed by atoms with E-state index in [-0.39, 0.29) is 5.91 Å². The minimum atomic E-state index is -0.923. The molecule has 114 valence electrons. The molecule has 4 nitrogen and oxygen atoms in total. The maximum absolute atomic E-state index is 12.3. The Balaban J connectivity index is 2.01. The van der Waals surface area contributed by atoms with Crippen LogP contribution in [0.2, 0.25) is 0 Å². The van der Waals surface area contributed by atoms with E-state index in [2.05, 4.69) is 17.6 Å². The molecule has 5 heteroatoms. The van der Waals surface area contributed by atoms with Gasteiger partial charge in [-0.2, -0.15) is 11.8 Å². The van der Waals surface area contributed by atoms with Gasteiger partial charge in [-0.05, 0) is 17.7 Å². The fraction of sp³-hybridized carbons (Fsp3) is 0.500. The number of carbonyl (C=O) groups excluding carboxylic acids is 2. The number of nitrogens with one attached hydrogen (secondary N) is 2. The van der Waals surface area contributed by atoms with Gasteiger partial charge in [-0.15, -0.1) is 0 Å². The van der Waals surface area contributed by atoms with Gasteiger partial charge in [0.1, 0.15) is 0 Å². The molecule has 1 atom stereocenters. The first-order valence-corrected chi connectivity index (χ1v) is 8.61. The number of hydrogen-bond donors (Lipinski definition) is 2. The first-order chi connectivity index (χ1) is 10.2. The van der Waals surface area contributed by atoms with Crippen molar-refractivity contribution in [2.45, 2.75) is 38.1 Å². The lowest BCUT2D eigenvalue weighted by atomic mass is 9.92. The molecule has 0 spiro atoms. The van der Waals surface area contributed by atoms with E-state index in [1.807, 2.05) is 30.3 Å². The molecule has 1 saturated heterocycles. The number of hydrogen-bond acceptors (Lipinski definition) is 3. The molecule has 1 unspecified atom stereocenters. The summed E-state index contributed by atoms with van der Waals surface area (Å²) < 4.78 is 0. The highest BCUT2D eigenvalue weighted by molar-refractivity contribution is 7.99. The van der Waals surface area contributed by atoms with Crippen molar-refractivity contribution >= 4 is 23.7 Å². The quantitative estimate of drug-likeness (QED) is 0.573. The van der Waals surface area contributed by atoms with Crippen LogP contribution in [0.4, 0.5) is 4.79 Å². The summed E-state index contributed by atoms with van der Waals surface area (Å²) in [5, 5.41) is 5.18. The average Bonchev–Trinajstić information content (AvgIpc) is 2.79. The minimum absolute atomic E-state index is 0.250. The van der Waals surface area contributed by atoms with E-state index in [9.17, 15) is 9.59 Å². The molecule has 0 radical (unpaired) electrons. The molecule has 1 aromatic rings. The van der Waals surface area contributed by atoms with Crippen molar-refractivity contribution in [2.24, 2.45) is 0 Å². The molecule has 0 aromatic heterocycles. The summed E-state index contributed by atoms with van der Waals surface area (Å²) in [5.74, 6) is 1.33. The third-order valence-corrected chi connectivity index (χ3v) is 4.88. The number of urea groups is 1. The Morgan fingerprint density at radius 2 is 1.86 bits per heavy atom. The fourth-order valence-corrected chi connectivity index (χ4v) is 3.69. The van der Waals surface area contributed by atoms with Gasteiger partial charge in [0.15, 0.2) is 5.54 Å². The van der Waals surface area contributed by atoms with Gasteiger partial charge in [0.05, 0.1) is 0 Å². The Hall–Kier alpha value is -1.49. The Kier molecular flexibility index (Phi) is 5.67. The average molecular weight is 306 g/mol. The molecular weight excluding hydrogens is 284 g/mol. The summed E-state index contributed by atoms with van der Waals surface area (Å²) >= 11 is 1.72. The van der Waals surface area contributed by atoms with Gasteiger partial charge >= 0.3 is 6.03 Å². The molecule has 2 rings (SSSR count). The molecule has 0 bridgehead atoms. The minimum Gasteiger partial charge on any atom is -0.319 e. The zero-order valence-electron chi connectivity index (χ0n) is 12.4. The van der Waals surface area contributed by atoms with Crippen LogP contribution < -0.4 is 10.6 Å². The van der Waals surface area contributed by atoms with Crippen LogP contribution in [0.5, 0.6) is 0 Å². The van der Waals surface area contributed by atoms with Gasteiger partial charge in [0.25, 0.3) is 5.91 Å².